The molecule has 0 aliphatic carbocycles. The van der Waals surface area contributed by atoms with Gasteiger partial charge < -0.3 is 70.6 Å². The van der Waals surface area contributed by atoms with Crippen LogP contribution in [0.1, 0.15) is 123 Å². The standard InChI is InChI=1S/C42H74N7O21P3S/c1-27-28(50)22-29(51)41(67-27)64-20-15-13-11-9-7-5-4-6-8-10-12-14-16-32(53)74-21-19-44-31(52)17-18-45-39(56)36(55)42(2,3)24-66-73(62,63)70-72(60,61)65-23-30-35(69-71(57,58)59)34(54)40(68-30)49-26-48-33-37(43)46-25-47-38(33)49/h25-30,34-36,40-41,50-51,54-55H,4-24H2,1-3H3,(H,44,52)(H,45,56)(H,60,61)(H,62,63)(H2,43,46,47)(H2,57,58,59)/t27-,28+,29+,30+,34+,35+,36-,40+,41+/m0/s1. The molecule has 2 unspecified atom stereocenters. The molecule has 4 rings (SSSR count). The van der Waals surface area contributed by atoms with Gasteiger partial charge in [0.2, 0.25) is 11.8 Å². The van der Waals surface area contributed by atoms with Gasteiger partial charge in [-0.25, -0.2) is 28.6 Å². The van der Waals surface area contributed by atoms with Gasteiger partial charge in [0.15, 0.2) is 29.1 Å². The average Bonchev–Trinajstić information content (AvgIpc) is 3.88. The fraction of sp³-hybridized carbons (Fsp3) is 0.810. The number of hydrogen-bond acceptors (Lipinski definition) is 22. The average molecular weight is 1140 g/mol. The van der Waals surface area contributed by atoms with Crippen LogP contribution >= 0.6 is 35.2 Å². The molecule has 12 N–H and O–H groups in total. The minimum absolute atomic E-state index is 0.0277. The first kappa shape index (κ1) is 63.9. The Hall–Kier alpha value is -2.60. The van der Waals surface area contributed by atoms with Crippen molar-refractivity contribution in [3.63, 3.8) is 0 Å². The predicted molar refractivity (Wildman–Crippen MR) is 264 cm³/mol. The van der Waals surface area contributed by atoms with Crippen molar-refractivity contribution in [1.82, 2.24) is 30.2 Å². The number of phosphoric ester groups is 3. The quantitative estimate of drug-likeness (QED) is 0.0349. The Bertz CT molecular complexity index is 2230. The zero-order chi connectivity index (χ0) is 54.7. The third-order valence-corrected chi connectivity index (χ3v) is 16.0. The molecule has 2 saturated heterocycles. The number of nitrogens with two attached hydrogens (primary N) is 1. The van der Waals surface area contributed by atoms with Crippen LogP contribution in [0.4, 0.5) is 5.82 Å². The molecule has 28 nitrogen and oxygen atoms in total. The first-order chi connectivity index (χ1) is 34.8. The number of thioether (sulfide) groups is 1. The van der Waals surface area contributed by atoms with Gasteiger partial charge in [-0.3, -0.25) is 32.5 Å². The van der Waals surface area contributed by atoms with Gasteiger partial charge in [-0.2, -0.15) is 4.31 Å². The second-order valence-electron chi connectivity index (χ2n) is 18.7. The molecule has 424 valence electrons. The van der Waals surface area contributed by atoms with Gasteiger partial charge in [0.05, 0.1) is 31.7 Å². The fourth-order valence-corrected chi connectivity index (χ4v) is 11.3. The molecule has 0 radical (unpaired) electrons. The Morgan fingerprint density at radius 3 is 2.12 bits per heavy atom. The molecule has 74 heavy (non-hydrogen) atoms. The summed E-state index contributed by atoms with van der Waals surface area (Å²) in [5.41, 5.74) is 4.27. The summed E-state index contributed by atoms with van der Waals surface area (Å²) in [6, 6.07) is 0. The number of anilines is 1. The Morgan fingerprint density at radius 1 is 0.851 bits per heavy atom. The van der Waals surface area contributed by atoms with Gasteiger partial charge in [0.1, 0.15) is 42.4 Å². The number of unbranched alkanes of at least 4 members (excludes halogenated alkanes) is 11. The van der Waals surface area contributed by atoms with Crippen LogP contribution in [-0.4, -0.2) is 164 Å². The predicted octanol–water partition coefficient (Wildman–Crippen LogP) is 2.61. The molecule has 0 aromatic carbocycles. The lowest BCUT2D eigenvalue weighted by molar-refractivity contribution is -0.261. The Labute approximate surface area is 433 Å². The number of hydrogen-bond donors (Lipinski definition) is 11. The topological polar surface area (TPSA) is 423 Å². The molecular weight excluding hydrogens is 1060 g/mol. The molecule has 0 saturated carbocycles. The van der Waals surface area contributed by atoms with E-state index in [1.165, 1.54) is 39.5 Å². The maximum atomic E-state index is 12.8. The number of fused-ring (bicyclic) bond motifs is 1. The number of aliphatic hydroxyl groups excluding tert-OH is 4. The van der Waals surface area contributed by atoms with Crippen LogP contribution in [0.2, 0.25) is 0 Å². The summed E-state index contributed by atoms with van der Waals surface area (Å²) in [7, 11) is -16.4. The SMILES string of the molecule is C[C@@H]1O[C@@H](OCCCCCCCCCCCCCCC(=O)SCCNC(=O)CCNC(=O)[C@H](O)C(C)(C)COP(=O)(O)OP(=O)(O)OC[C@H]2O[C@@H](n3cnc4c(N)ncnc43)[C@H](O)[C@@H]2OP(=O)(O)O)[C@H](O)C[C@H]1O. The van der Waals surface area contributed by atoms with Crippen molar-refractivity contribution < 1.29 is 100 Å². The van der Waals surface area contributed by atoms with Crippen molar-refractivity contribution in [1.29, 1.82) is 0 Å². The number of phosphoric acid groups is 3. The highest BCUT2D eigenvalue weighted by Crippen LogP contribution is 2.61. The third kappa shape index (κ3) is 22.0. The number of nitrogens with one attached hydrogen (secondary N) is 2. The number of aromatic nitrogens is 4. The van der Waals surface area contributed by atoms with E-state index in [1.807, 2.05) is 0 Å². The molecule has 2 fully saturated rings. The van der Waals surface area contributed by atoms with E-state index >= 15 is 0 Å². The number of carbonyl (C=O) groups is 3. The summed E-state index contributed by atoms with van der Waals surface area (Å²) in [4.78, 5) is 88.5. The van der Waals surface area contributed by atoms with Crippen LogP contribution in [0.5, 0.6) is 0 Å². The fourth-order valence-electron chi connectivity index (χ4n) is 7.80. The highest BCUT2D eigenvalue weighted by atomic mass is 32.2. The summed E-state index contributed by atoms with van der Waals surface area (Å²) in [5.74, 6) is -1.08. The van der Waals surface area contributed by atoms with E-state index in [0.717, 1.165) is 80.4 Å². The van der Waals surface area contributed by atoms with Crippen LogP contribution in [0.25, 0.3) is 11.2 Å². The zero-order valence-corrected chi connectivity index (χ0v) is 45.2. The number of aliphatic hydroxyl groups is 4. The van der Waals surface area contributed by atoms with Crippen molar-refractivity contribution in [3.8, 4) is 0 Å². The molecule has 2 aromatic heterocycles. The summed E-state index contributed by atoms with van der Waals surface area (Å²) in [6.45, 7) is 2.80. The first-order valence-corrected chi connectivity index (χ1v) is 30.0. The third-order valence-electron chi connectivity index (χ3n) is 12.0. The normalized spacial score (nSPS) is 24.6. The molecule has 2 aliphatic heterocycles. The number of imidazole rings is 1. The second kappa shape index (κ2) is 30.5. The van der Waals surface area contributed by atoms with Crippen molar-refractivity contribution >= 4 is 69.1 Å². The number of rotatable bonds is 35. The lowest BCUT2D eigenvalue weighted by atomic mass is 9.87. The van der Waals surface area contributed by atoms with Crippen molar-refractivity contribution in [2.45, 2.75) is 172 Å². The number of ether oxygens (including phenoxy) is 3. The van der Waals surface area contributed by atoms with E-state index in [1.54, 1.807) is 6.92 Å². The summed E-state index contributed by atoms with van der Waals surface area (Å²) < 4.78 is 73.7. The highest BCUT2D eigenvalue weighted by molar-refractivity contribution is 8.13. The lowest BCUT2D eigenvalue weighted by Gasteiger charge is -2.35. The molecule has 4 heterocycles. The van der Waals surface area contributed by atoms with Crippen LogP contribution in [0.3, 0.4) is 0 Å². The Morgan fingerprint density at radius 2 is 1.47 bits per heavy atom. The van der Waals surface area contributed by atoms with Gasteiger partial charge in [-0.05, 0) is 19.8 Å². The van der Waals surface area contributed by atoms with Crippen molar-refractivity contribution in [2.75, 3.05) is 44.4 Å². The van der Waals surface area contributed by atoms with Crippen LogP contribution in [0.15, 0.2) is 12.7 Å². The largest absolute Gasteiger partial charge is 0.481 e. The second-order valence-corrected chi connectivity index (χ2v) is 24.1. The first-order valence-electron chi connectivity index (χ1n) is 24.5. The van der Waals surface area contributed by atoms with E-state index in [-0.39, 0.29) is 54.1 Å². The minimum atomic E-state index is -5.59. The van der Waals surface area contributed by atoms with Crippen LogP contribution < -0.4 is 16.4 Å². The molecule has 0 spiro atoms. The van der Waals surface area contributed by atoms with Crippen LogP contribution in [-0.2, 0) is 60.2 Å². The van der Waals surface area contributed by atoms with Gasteiger partial charge in [-0.1, -0.05) is 89.8 Å². The summed E-state index contributed by atoms with van der Waals surface area (Å²) in [5, 5.41) is 46.4. The maximum absolute atomic E-state index is 12.8. The van der Waals surface area contributed by atoms with Gasteiger partial charge in [-0.15, -0.1) is 0 Å². The van der Waals surface area contributed by atoms with E-state index in [2.05, 4.69) is 34.4 Å². The number of nitrogens with zero attached hydrogens (tertiary/aromatic N) is 4. The Kier molecular flexibility index (Phi) is 26.4. The summed E-state index contributed by atoms with van der Waals surface area (Å²) >= 11 is 1.13. The Balaban J connectivity index is 1.01. The van der Waals surface area contributed by atoms with E-state index in [0.29, 0.717) is 18.8 Å². The lowest BCUT2D eigenvalue weighted by Crippen LogP contribution is -2.47. The molecule has 2 amide bonds. The number of nitrogen functional groups attached to an aromatic ring is 1. The van der Waals surface area contributed by atoms with E-state index < -0.39 is 103 Å². The van der Waals surface area contributed by atoms with Gasteiger partial charge in [0.25, 0.3) is 0 Å². The number of carbonyl (C=O) groups excluding carboxylic acids is 3. The smallest absolute Gasteiger partial charge is 0.390 e. The maximum Gasteiger partial charge on any atom is 0.481 e. The van der Waals surface area contributed by atoms with Gasteiger partial charge >= 0.3 is 23.5 Å². The minimum Gasteiger partial charge on any atom is -0.390 e. The summed E-state index contributed by atoms with van der Waals surface area (Å²) in [6.07, 6.45) is 4.22. The molecule has 11 atom stereocenters. The van der Waals surface area contributed by atoms with Crippen molar-refractivity contribution in [2.24, 2.45) is 5.41 Å². The highest BCUT2D eigenvalue weighted by Gasteiger charge is 2.50. The zero-order valence-electron chi connectivity index (χ0n) is 41.7. The van der Waals surface area contributed by atoms with Gasteiger partial charge in [0, 0.05) is 50.1 Å². The number of amides is 2. The molecular formula is C42H74N7O21P3S. The monoisotopic (exact) mass is 1140 g/mol. The van der Waals surface area contributed by atoms with E-state index in [9.17, 15) is 68.1 Å². The van der Waals surface area contributed by atoms with Crippen LogP contribution in [0, 0.1) is 5.41 Å². The molecule has 0 bridgehead atoms. The van der Waals surface area contributed by atoms with E-state index in [4.69, 9.17) is 29.0 Å². The molecule has 32 heteroatoms. The molecule has 2 aliphatic rings. The van der Waals surface area contributed by atoms with Crippen molar-refractivity contribution in [3.05, 3.63) is 12.7 Å². The molecule has 2 aromatic rings.